The summed E-state index contributed by atoms with van der Waals surface area (Å²) in [6, 6.07) is 12.5. The summed E-state index contributed by atoms with van der Waals surface area (Å²) < 4.78 is 13.2. The molecule has 1 saturated heterocycles. The van der Waals surface area contributed by atoms with Crippen LogP contribution in [0.25, 0.3) is 0 Å². The van der Waals surface area contributed by atoms with Gasteiger partial charge in [-0.05, 0) is 54.8 Å². The number of aliphatic imine (C=N–C) groups is 1. The van der Waals surface area contributed by atoms with Gasteiger partial charge in [0.1, 0.15) is 11.1 Å². The van der Waals surface area contributed by atoms with Gasteiger partial charge in [-0.25, -0.2) is 4.39 Å². The standard InChI is InChI=1S/C23H23FN4O3S/c24-17-5-3-4-15(12-17)14-25-21(30)16-6-8-18(9-7-16)26-20(29)13-19-22(31)27-23(32-19)28-10-1-2-11-28/h3-9,12,19H,1-2,10-11,13-14H2,(H,25,30)(H,26,29). The van der Waals surface area contributed by atoms with E-state index in [0.717, 1.165) is 31.1 Å². The minimum absolute atomic E-state index is 0.0419. The predicted octanol–water partition coefficient (Wildman–Crippen LogP) is 3.18. The molecule has 1 unspecified atom stereocenters. The topological polar surface area (TPSA) is 90.9 Å². The van der Waals surface area contributed by atoms with Gasteiger partial charge in [-0.15, -0.1) is 0 Å². The SMILES string of the molecule is O=C(CC1SC(N2CCCC2)=NC1=O)Nc1ccc(C(=O)NCc2cccc(F)c2)cc1. The van der Waals surface area contributed by atoms with Crippen LogP contribution in [0, 0.1) is 5.82 Å². The number of nitrogens with zero attached hydrogens (tertiary/aromatic N) is 2. The van der Waals surface area contributed by atoms with E-state index in [-0.39, 0.29) is 36.5 Å². The van der Waals surface area contributed by atoms with Crippen LogP contribution in [0.3, 0.4) is 0 Å². The van der Waals surface area contributed by atoms with Crippen molar-refractivity contribution in [2.24, 2.45) is 4.99 Å². The molecule has 1 atom stereocenters. The summed E-state index contributed by atoms with van der Waals surface area (Å²) in [5.41, 5.74) is 1.62. The van der Waals surface area contributed by atoms with Gasteiger partial charge >= 0.3 is 0 Å². The van der Waals surface area contributed by atoms with Gasteiger partial charge in [0.05, 0.1) is 0 Å². The highest BCUT2D eigenvalue weighted by Gasteiger charge is 2.33. The number of carbonyl (C=O) groups excluding carboxylic acids is 3. The largest absolute Gasteiger partial charge is 0.351 e. The molecule has 0 aromatic heterocycles. The number of likely N-dealkylation sites (tertiary alicyclic amines) is 1. The molecule has 0 radical (unpaired) electrons. The Morgan fingerprint density at radius 1 is 1.12 bits per heavy atom. The van der Waals surface area contributed by atoms with Crippen LogP contribution >= 0.6 is 11.8 Å². The maximum absolute atomic E-state index is 13.2. The van der Waals surface area contributed by atoms with E-state index in [1.54, 1.807) is 36.4 Å². The number of nitrogens with one attached hydrogen (secondary N) is 2. The molecule has 2 N–H and O–H groups in total. The Balaban J connectivity index is 1.25. The molecule has 7 nitrogen and oxygen atoms in total. The van der Waals surface area contributed by atoms with Crippen LogP contribution in [-0.4, -0.2) is 46.1 Å². The van der Waals surface area contributed by atoms with Crippen LogP contribution in [-0.2, 0) is 16.1 Å². The lowest BCUT2D eigenvalue weighted by molar-refractivity contribution is -0.121. The Labute approximate surface area is 189 Å². The summed E-state index contributed by atoms with van der Waals surface area (Å²) in [4.78, 5) is 43.0. The van der Waals surface area contributed by atoms with Gasteiger partial charge in [0, 0.05) is 37.3 Å². The number of thioether (sulfide) groups is 1. The Kier molecular flexibility index (Phi) is 6.84. The quantitative estimate of drug-likeness (QED) is 0.700. The second kappa shape index (κ2) is 9.95. The fourth-order valence-electron chi connectivity index (χ4n) is 3.57. The van der Waals surface area contributed by atoms with Crippen LogP contribution in [0.15, 0.2) is 53.5 Å². The lowest BCUT2D eigenvalue weighted by atomic mass is 10.1. The number of amidine groups is 1. The smallest absolute Gasteiger partial charge is 0.262 e. The predicted molar refractivity (Wildman–Crippen MR) is 122 cm³/mol. The molecule has 0 aliphatic carbocycles. The molecule has 0 spiro atoms. The van der Waals surface area contributed by atoms with Gasteiger partial charge in [-0.3, -0.25) is 14.4 Å². The zero-order valence-corrected chi connectivity index (χ0v) is 18.2. The molecule has 166 valence electrons. The number of benzene rings is 2. The molecule has 0 saturated carbocycles. The van der Waals surface area contributed by atoms with Crippen LogP contribution < -0.4 is 10.6 Å². The van der Waals surface area contributed by atoms with Crippen molar-refractivity contribution >= 4 is 40.3 Å². The minimum Gasteiger partial charge on any atom is -0.351 e. The zero-order valence-electron chi connectivity index (χ0n) is 17.3. The molecule has 1 fully saturated rings. The van der Waals surface area contributed by atoms with E-state index in [4.69, 9.17) is 0 Å². The van der Waals surface area contributed by atoms with E-state index in [2.05, 4.69) is 20.5 Å². The summed E-state index contributed by atoms with van der Waals surface area (Å²) in [6.45, 7) is 2.02. The highest BCUT2D eigenvalue weighted by atomic mass is 32.2. The van der Waals surface area contributed by atoms with Crippen molar-refractivity contribution in [3.63, 3.8) is 0 Å². The molecule has 2 aromatic rings. The summed E-state index contributed by atoms with van der Waals surface area (Å²) in [6.07, 6.45) is 2.23. The summed E-state index contributed by atoms with van der Waals surface area (Å²) in [5.74, 6) is -1.20. The van der Waals surface area contributed by atoms with E-state index in [9.17, 15) is 18.8 Å². The normalized spacial score (nSPS) is 17.9. The van der Waals surface area contributed by atoms with Gasteiger partial charge in [0.15, 0.2) is 5.17 Å². The number of halogens is 1. The van der Waals surface area contributed by atoms with Crippen LogP contribution in [0.2, 0.25) is 0 Å². The zero-order chi connectivity index (χ0) is 22.5. The Bertz CT molecular complexity index is 1050. The first-order valence-corrected chi connectivity index (χ1v) is 11.3. The highest BCUT2D eigenvalue weighted by Crippen LogP contribution is 2.29. The van der Waals surface area contributed by atoms with Crippen LogP contribution in [0.1, 0.15) is 35.2 Å². The molecule has 32 heavy (non-hydrogen) atoms. The van der Waals surface area contributed by atoms with E-state index < -0.39 is 5.25 Å². The molecule has 4 rings (SSSR count). The highest BCUT2D eigenvalue weighted by molar-refractivity contribution is 8.15. The van der Waals surface area contributed by atoms with E-state index in [0.29, 0.717) is 16.8 Å². The van der Waals surface area contributed by atoms with Crippen molar-refractivity contribution in [1.82, 2.24) is 10.2 Å². The fraction of sp³-hybridized carbons (Fsp3) is 0.304. The number of carbonyl (C=O) groups is 3. The first kappa shape index (κ1) is 22.0. The van der Waals surface area contributed by atoms with Crippen molar-refractivity contribution < 1.29 is 18.8 Å². The van der Waals surface area contributed by atoms with Gasteiger partial charge in [0.2, 0.25) is 5.91 Å². The average molecular weight is 455 g/mol. The van der Waals surface area contributed by atoms with Crippen LogP contribution in [0.5, 0.6) is 0 Å². The summed E-state index contributed by atoms with van der Waals surface area (Å²) in [7, 11) is 0. The number of hydrogen-bond donors (Lipinski definition) is 2. The fourth-order valence-corrected chi connectivity index (χ4v) is 4.69. The number of rotatable bonds is 6. The van der Waals surface area contributed by atoms with Gasteiger partial charge in [-0.2, -0.15) is 4.99 Å². The van der Waals surface area contributed by atoms with Crippen molar-refractivity contribution in [2.45, 2.75) is 31.1 Å². The third kappa shape index (κ3) is 5.53. The van der Waals surface area contributed by atoms with Gasteiger partial charge in [-0.1, -0.05) is 23.9 Å². The summed E-state index contributed by atoms with van der Waals surface area (Å²) in [5, 5.41) is 5.71. The van der Waals surface area contributed by atoms with Crippen molar-refractivity contribution in [2.75, 3.05) is 18.4 Å². The Morgan fingerprint density at radius 2 is 1.88 bits per heavy atom. The molecule has 2 aromatic carbocycles. The van der Waals surface area contributed by atoms with Gasteiger partial charge < -0.3 is 15.5 Å². The molecule has 2 heterocycles. The molecule has 2 aliphatic rings. The molecule has 3 amide bonds. The lowest BCUT2D eigenvalue weighted by Gasteiger charge is -2.16. The first-order chi connectivity index (χ1) is 15.5. The third-order valence-electron chi connectivity index (χ3n) is 5.25. The van der Waals surface area contributed by atoms with Crippen molar-refractivity contribution in [3.8, 4) is 0 Å². The lowest BCUT2D eigenvalue weighted by Crippen LogP contribution is -2.25. The first-order valence-electron chi connectivity index (χ1n) is 10.4. The van der Waals surface area contributed by atoms with E-state index in [1.807, 2.05) is 0 Å². The molecular weight excluding hydrogens is 431 g/mol. The second-order valence-electron chi connectivity index (χ2n) is 7.68. The molecule has 0 bridgehead atoms. The number of amides is 3. The van der Waals surface area contributed by atoms with Crippen LogP contribution in [0.4, 0.5) is 10.1 Å². The van der Waals surface area contributed by atoms with E-state index in [1.165, 1.54) is 23.9 Å². The number of hydrogen-bond acceptors (Lipinski definition) is 5. The second-order valence-corrected chi connectivity index (χ2v) is 8.85. The van der Waals surface area contributed by atoms with E-state index >= 15 is 0 Å². The maximum Gasteiger partial charge on any atom is 0.262 e. The van der Waals surface area contributed by atoms with Crippen molar-refractivity contribution in [1.29, 1.82) is 0 Å². The maximum atomic E-state index is 13.2. The third-order valence-corrected chi connectivity index (χ3v) is 6.46. The number of anilines is 1. The average Bonchev–Trinajstić information content (AvgIpc) is 3.43. The van der Waals surface area contributed by atoms with Gasteiger partial charge in [0.25, 0.3) is 11.8 Å². The molecule has 9 heteroatoms. The molecular formula is C23H23FN4O3S. The summed E-state index contributed by atoms with van der Waals surface area (Å²) >= 11 is 1.35. The minimum atomic E-state index is -0.501. The van der Waals surface area contributed by atoms with Crippen molar-refractivity contribution in [3.05, 3.63) is 65.5 Å². The Hall–Kier alpha value is -3.20. The Morgan fingerprint density at radius 3 is 2.59 bits per heavy atom. The monoisotopic (exact) mass is 454 g/mol. The molecule has 2 aliphatic heterocycles.